The number of aliphatic carboxylic acids is 1. The van der Waals surface area contributed by atoms with Crippen molar-refractivity contribution in [1.29, 1.82) is 0 Å². The maximum Gasteiger partial charge on any atom is 0.407 e. The summed E-state index contributed by atoms with van der Waals surface area (Å²) in [4.78, 5) is 38.1. The Labute approximate surface area is 202 Å². The van der Waals surface area contributed by atoms with E-state index in [9.17, 15) is 19.5 Å². The number of aryl methyl sites for hydroxylation is 1. The number of benzene rings is 2. The molecular weight excluding hydrogens is 448 g/mol. The van der Waals surface area contributed by atoms with Crippen molar-refractivity contribution in [2.24, 2.45) is 7.05 Å². The molecule has 2 N–H and O–H groups in total. The van der Waals surface area contributed by atoms with E-state index in [1.807, 2.05) is 24.3 Å². The summed E-state index contributed by atoms with van der Waals surface area (Å²) in [6, 6.07) is 17.8. The number of nitrogens with zero attached hydrogens (tertiary/aromatic N) is 3. The monoisotopic (exact) mass is 474 g/mol. The molecule has 0 bridgehead atoms. The quantitative estimate of drug-likeness (QED) is 0.544. The van der Waals surface area contributed by atoms with Gasteiger partial charge in [-0.15, -0.1) is 0 Å². The molecule has 180 valence electrons. The molecule has 1 fully saturated rings. The Bertz CT molecular complexity index is 1280. The van der Waals surface area contributed by atoms with Crippen LogP contribution in [-0.2, 0) is 23.1 Å². The highest BCUT2D eigenvalue weighted by molar-refractivity contribution is 5.97. The van der Waals surface area contributed by atoms with Gasteiger partial charge >= 0.3 is 12.1 Å². The maximum atomic E-state index is 12.8. The van der Waals surface area contributed by atoms with E-state index in [0.717, 1.165) is 22.3 Å². The fourth-order valence-corrected chi connectivity index (χ4v) is 4.80. The minimum atomic E-state index is -1.14. The summed E-state index contributed by atoms with van der Waals surface area (Å²) >= 11 is 0. The van der Waals surface area contributed by atoms with Gasteiger partial charge in [-0.2, -0.15) is 5.10 Å². The van der Waals surface area contributed by atoms with E-state index >= 15 is 0 Å². The second kappa shape index (κ2) is 8.57. The Morgan fingerprint density at radius 2 is 1.71 bits per heavy atom. The number of fused-ring (bicyclic) bond motifs is 3. The van der Waals surface area contributed by atoms with Crippen molar-refractivity contribution in [2.45, 2.75) is 30.8 Å². The van der Waals surface area contributed by atoms with Gasteiger partial charge in [-0.3, -0.25) is 9.48 Å². The highest BCUT2D eigenvalue weighted by Crippen LogP contribution is 2.44. The van der Waals surface area contributed by atoms with Crippen molar-refractivity contribution < 1.29 is 24.2 Å². The second-order valence-corrected chi connectivity index (χ2v) is 9.02. The van der Waals surface area contributed by atoms with E-state index in [4.69, 9.17) is 4.74 Å². The molecule has 2 amide bonds. The number of amides is 2. The number of carboxylic acids is 1. The number of rotatable bonds is 7. The van der Waals surface area contributed by atoms with Crippen LogP contribution in [0, 0.1) is 0 Å². The van der Waals surface area contributed by atoms with Gasteiger partial charge in [0.25, 0.3) is 5.91 Å². The van der Waals surface area contributed by atoms with Gasteiger partial charge in [-0.1, -0.05) is 48.5 Å². The lowest BCUT2D eigenvalue weighted by Gasteiger charge is -2.24. The molecule has 2 aliphatic rings. The van der Waals surface area contributed by atoms with Crippen molar-refractivity contribution in [3.05, 3.63) is 77.1 Å². The van der Waals surface area contributed by atoms with Gasteiger partial charge in [-0.05, 0) is 41.2 Å². The van der Waals surface area contributed by atoms with E-state index in [2.05, 4.69) is 34.7 Å². The van der Waals surface area contributed by atoms with E-state index in [0.29, 0.717) is 18.5 Å². The molecule has 35 heavy (non-hydrogen) atoms. The van der Waals surface area contributed by atoms with E-state index in [-0.39, 0.29) is 24.8 Å². The molecule has 0 saturated heterocycles. The molecule has 2 aromatic carbocycles. The van der Waals surface area contributed by atoms with Crippen LogP contribution in [0.3, 0.4) is 0 Å². The first-order chi connectivity index (χ1) is 16.8. The fourth-order valence-electron chi connectivity index (χ4n) is 4.80. The van der Waals surface area contributed by atoms with Crippen molar-refractivity contribution >= 4 is 18.0 Å². The van der Waals surface area contributed by atoms with Gasteiger partial charge in [0.15, 0.2) is 0 Å². The van der Waals surface area contributed by atoms with Crippen LogP contribution in [0.25, 0.3) is 11.1 Å². The molecule has 0 radical (unpaired) electrons. The molecule has 1 saturated carbocycles. The lowest BCUT2D eigenvalue weighted by molar-refractivity contribution is -0.143. The summed E-state index contributed by atoms with van der Waals surface area (Å²) in [5.41, 5.74) is 4.16. The summed E-state index contributed by atoms with van der Waals surface area (Å²) in [7, 11) is 3.10. The summed E-state index contributed by atoms with van der Waals surface area (Å²) in [5, 5.41) is 16.4. The van der Waals surface area contributed by atoms with Crippen LogP contribution >= 0.6 is 0 Å². The molecule has 1 heterocycles. The van der Waals surface area contributed by atoms with Gasteiger partial charge < -0.3 is 20.1 Å². The number of carboxylic acid groups (broad SMARTS) is 1. The standard InChI is InChI=1S/C26H26N4O5/c1-29(26(11-12-26)24(32)33)23(31)22-13-16(28-30(22)2)14-27-25(34)35-15-21-19-9-5-3-7-17(19)18-8-4-6-10-20(18)21/h3-10,13,21H,11-12,14-15H2,1-2H3,(H,27,34)(H,32,33). The van der Waals surface area contributed by atoms with Crippen LogP contribution in [0.5, 0.6) is 0 Å². The highest BCUT2D eigenvalue weighted by atomic mass is 16.5. The van der Waals surface area contributed by atoms with Crippen LogP contribution in [-0.4, -0.2) is 57.0 Å². The molecule has 1 aromatic heterocycles. The molecule has 0 unspecified atom stereocenters. The number of carbonyl (C=O) groups is 3. The molecule has 2 aliphatic carbocycles. The topological polar surface area (TPSA) is 114 Å². The largest absolute Gasteiger partial charge is 0.479 e. The Hall–Kier alpha value is -4.14. The van der Waals surface area contributed by atoms with Crippen molar-refractivity contribution in [3.8, 4) is 11.1 Å². The number of ether oxygens (including phenoxy) is 1. The van der Waals surface area contributed by atoms with Crippen LogP contribution in [0.15, 0.2) is 54.6 Å². The number of nitrogens with one attached hydrogen (secondary N) is 1. The van der Waals surface area contributed by atoms with Crippen LogP contribution < -0.4 is 5.32 Å². The normalized spacial score (nSPS) is 15.1. The Balaban J connectivity index is 1.20. The van der Waals surface area contributed by atoms with Gasteiger partial charge in [0, 0.05) is 20.0 Å². The summed E-state index contributed by atoms with van der Waals surface area (Å²) < 4.78 is 6.93. The molecule has 5 rings (SSSR count). The molecule has 0 aliphatic heterocycles. The van der Waals surface area contributed by atoms with E-state index in [1.165, 1.54) is 16.6 Å². The van der Waals surface area contributed by atoms with E-state index < -0.39 is 23.5 Å². The number of hydrogen-bond donors (Lipinski definition) is 2. The average Bonchev–Trinajstić information content (AvgIpc) is 3.51. The number of aromatic nitrogens is 2. The van der Waals surface area contributed by atoms with Crippen molar-refractivity contribution in [3.63, 3.8) is 0 Å². The minimum Gasteiger partial charge on any atom is -0.479 e. The van der Waals surface area contributed by atoms with Crippen LogP contribution in [0.4, 0.5) is 4.79 Å². The average molecular weight is 475 g/mol. The fraction of sp³-hybridized carbons (Fsp3) is 0.308. The summed E-state index contributed by atoms with van der Waals surface area (Å²) in [6.07, 6.45) is 0.280. The predicted molar refractivity (Wildman–Crippen MR) is 127 cm³/mol. The lowest BCUT2D eigenvalue weighted by atomic mass is 9.98. The number of likely N-dealkylation sites (N-methyl/N-ethyl adjacent to an activating group) is 1. The molecule has 0 atom stereocenters. The lowest BCUT2D eigenvalue weighted by Crippen LogP contribution is -2.45. The van der Waals surface area contributed by atoms with Crippen molar-refractivity contribution in [2.75, 3.05) is 13.7 Å². The first-order valence-electron chi connectivity index (χ1n) is 11.4. The Morgan fingerprint density at radius 3 is 2.29 bits per heavy atom. The van der Waals surface area contributed by atoms with Crippen LogP contribution in [0.2, 0.25) is 0 Å². The van der Waals surface area contributed by atoms with E-state index in [1.54, 1.807) is 13.1 Å². The Kier molecular flexibility index (Phi) is 5.55. The second-order valence-electron chi connectivity index (χ2n) is 9.02. The number of carbonyl (C=O) groups excluding carboxylic acids is 2. The summed E-state index contributed by atoms with van der Waals surface area (Å²) in [6.45, 7) is 0.277. The molecule has 9 nitrogen and oxygen atoms in total. The zero-order chi connectivity index (χ0) is 24.7. The molecule has 3 aromatic rings. The number of alkyl carbamates (subject to hydrolysis) is 1. The third-order valence-electron chi connectivity index (χ3n) is 6.98. The summed E-state index contributed by atoms with van der Waals surface area (Å²) in [5.74, 6) is -1.47. The highest BCUT2D eigenvalue weighted by Gasteiger charge is 2.56. The predicted octanol–water partition coefficient (Wildman–Crippen LogP) is 3.15. The maximum absolute atomic E-state index is 12.8. The Morgan fingerprint density at radius 1 is 1.11 bits per heavy atom. The molecular formula is C26H26N4O5. The van der Waals surface area contributed by atoms with Crippen molar-refractivity contribution in [1.82, 2.24) is 20.0 Å². The molecule has 9 heteroatoms. The van der Waals surface area contributed by atoms with Gasteiger partial charge in [0.1, 0.15) is 17.8 Å². The minimum absolute atomic E-state index is 0.0354. The van der Waals surface area contributed by atoms with Gasteiger partial charge in [0.05, 0.1) is 12.2 Å². The number of hydrogen-bond acceptors (Lipinski definition) is 5. The third-order valence-corrected chi connectivity index (χ3v) is 6.98. The first-order valence-corrected chi connectivity index (χ1v) is 11.4. The van der Waals surface area contributed by atoms with Gasteiger partial charge in [0.2, 0.25) is 0 Å². The zero-order valence-corrected chi connectivity index (χ0v) is 19.5. The third kappa shape index (κ3) is 3.92. The van der Waals surface area contributed by atoms with Crippen LogP contribution in [0.1, 0.15) is 46.1 Å². The zero-order valence-electron chi connectivity index (χ0n) is 19.5. The smallest absolute Gasteiger partial charge is 0.407 e. The first kappa shape index (κ1) is 22.6. The van der Waals surface area contributed by atoms with Gasteiger partial charge in [-0.25, -0.2) is 9.59 Å². The SMILES string of the molecule is CN(C(=O)c1cc(CNC(=O)OCC2c3ccccc3-c3ccccc32)nn1C)C1(C(=O)O)CC1. The molecule has 0 spiro atoms.